The van der Waals surface area contributed by atoms with E-state index in [1.807, 2.05) is 0 Å². The highest BCUT2D eigenvalue weighted by atomic mass is 32.1. The van der Waals surface area contributed by atoms with Crippen molar-refractivity contribution in [2.24, 2.45) is 11.7 Å². The SMILES string of the molecule is CCCC(C)CCC(S)CN. The molecule has 2 unspecified atom stereocenters. The summed E-state index contributed by atoms with van der Waals surface area (Å²) in [6, 6.07) is 0. The zero-order chi connectivity index (χ0) is 8.69. The van der Waals surface area contributed by atoms with E-state index >= 15 is 0 Å². The second kappa shape index (κ2) is 6.99. The summed E-state index contributed by atoms with van der Waals surface area (Å²) in [5, 5.41) is 0.411. The fourth-order valence-electron chi connectivity index (χ4n) is 1.23. The molecular formula is C9H21NS. The second-order valence-corrected chi connectivity index (χ2v) is 4.09. The monoisotopic (exact) mass is 175 g/mol. The molecular weight excluding hydrogens is 154 g/mol. The lowest BCUT2D eigenvalue weighted by atomic mass is 9.99. The first-order valence-electron chi connectivity index (χ1n) is 4.58. The van der Waals surface area contributed by atoms with Gasteiger partial charge in [-0.2, -0.15) is 12.6 Å². The van der Waals surface area contributed by atoms with Gasteiger partial charge in [-0.3, -0.25) is 0 Å². The predicted molar refractivity (Wildman–Crippen MR) is 55.1 cm³/mol. The molecule has 0 fully saturated rings. The largest absolute Gasteiger partial charge is 0.329 e. The van der Waals surface area contributed by atoms with Crippen molar-refractivity contribution in [1.29, 1.82) is 0 Å². The summed E-state index contributed by atoms with van der Waals surface area (Å²) in [4.78, 5) is 0. The van der Waals surface area contributed by atoms with E-state index in [0.29, 0.717) is 11.8 Å². The van der Waals surface area contributed by atoms with E-state index in [-0.39, 0.29) is 0 Å². The third-order valence-corrected chi connectivity index (χ3v) is 2.52. The van der Waals surface area contributed by atoms with Crippen LogP contribution in [-0.2, 0) is 0 Å². The van der Waals surface area contributed by atoms with Crippen molar-refractivity contribution in [2.45, 2.75) is 44.8 Å². The lowest BCUT2D eigenvalue weighted by molar-refractivity contribution is 0.466. The van der Waals surface area contributed by atoms with E-state index in [1.54, 1.807) is 0 Å². The number of hydrogen-bond acceptors (Lipinski definition) is 2. The number of hydrogen-bond donors (Lipinski definition) is 2. The number of nitrogens with two attached hydrogens (primary N) is 1. The Labute approximate surface area is 76.2 Å². The van der Waals surface area contributed by atoms with Gasteiger partial charge in [0.2, 0.25) is 0 Å². The summed E-state index contributed by atoms with van der Waals surface area (Å²) in [7, 11) is 0. The molecule has 1 nitrogen and oxygen atoms in total. The molecule has 0 bridgehead atoms. The summed E-state index contributed by atoms with van der Waals surface area (Å²) >= 11 is 4.35. The fraction of sp³-hybridized carbons (Fsp3) is 1.00. The van der Waals surface area contributed by atoms with E-state index in [0.717, 1.165) is 5.92 Å². The fourth-order valence-corrected chi connectivity index (χ4v) is 1.38. The molecule has 0 aromatic carbocycles. The second-order valence-electron chi connectivity index (χ2n) is 3.36. The highest BCUT2D eigenvalue weighted by Crippen LogP contribution is 2.15. The van der Waals surface area contributed by atoms with Gasteiger partial charge in [0, 0.05) is 11.8 Å². The average molecular weight is 175 g/mol. The Balaban J connectivity index is 3.22. The molecule has 0 saturated heterocycles. The minimum Gasteiger partial charge on any atom is -0.329 e. The number of thiol groups is 1. The predicted octanol–water partition coefficient (Wildman–Crippen LogP) is 2.46. The smallest absolute Gasteiger partial charge is 0.0140 e. The topological polar surface area (TPSA) is 26.0 Å². The van der Waals surface area contributed by atoms with Gasteiger partial charge in [-0.15, -0.1) is 0 Å². The van der Waals surface area contributed by atoms with Gasteiger partial charge < -0.3 is 5.73 Å². The Kier molecular flexibility index (Phi) is 7.18. The van der Waals surface area contributed by atoms with Gasteiger partial charge in [0.05, 0.1) is 0 Å². The summed E-state index contributed by atoms with van der Waals surface area (Å²) in [6.45, 7) is 5.25. The first-order valence-corrected chi connectivity index (χ1v) is 5.10. The van der Waals surface area contributed by atoms with Crippen LogP contribution >= 0.6 is 12.6 Å². The van der Waals surface area contributed by atoms with E-state index in [9.17, 15) is 0 Å². The molecule has 0 aromatic heterocycles. The Hall–Kier alpha value is 0.310. The van der Waals surface area contributed by atoms with Gasteiger partial charge in [-0.05, 0) is 18.8 Å². The maximum atomic E-state index is 5.46. The third-order valence-electron chi connectivity index (χ3n) is 2.05. The molecule has 0 spiro atoms. The maximum absolute atomic E-state index is 5.46. The van der Waals surface area contributed by atoms with E-state index in [4.69, 9.17) is 5.73 Å². The molecule has 0 amide bonds. The van der Waals surface area contributed by atoms with Crippen LogP contribution in [0.5, 0.6) is 0 Å². The third kappa shape index (κ3) is 6.70. The molecule has 0 aliphatic carbocycles. The highest BCUT2D eigenvalue weighted by molar-refractivity contribution is 7.81. The quantitative estimate of drug-likeness (QED) is 0.596. The van der Waals surface area contributed by atoms with E-state index in [2.05, 4.69) is 26.5 Å². The first-order chi connectivity index (χ1) is 5.20. The molecule has 0 aliphatic rings. The van der Waals surface area contributed by atoms with Crippen LogP contribution in [0.25, 0.3) is 0 Å². The molecule has 11 heavy (non-hydrogen) atoms. The van der Waals surface area contributed by atoms with Crippen LogP contribution < -0.4 is 5.73 Å². The van der Waals surface area contributed by atoms with Crippen molar-refractivity contribution in [2.75, 3.05) is 6.54 Å². The van der Waals surface area contributed by atoms with Crippen LogP contribution in [0.2, 0.25) is 0 Å². The van der Waals surface area contributed by atoms with Crippen molar-refractivity contribution < 1.29 is 0 Å². The normalized spacial score (nSPS) is 16.4. The molecule has 0 heterocycles. The minimum atomic E-state index is 0.411. The van der Waals surface area contributed by atoms with Crippen LogP contribution in [0.3, 0.4) is 0 Å². The zero-order valence-corrected chi connectivity index (χ0v) is 8.61. The Morgan fingerprint density at radius 2 is 1.91 bits per heavy atom. The highest BCUT2D eigenvalue weighted by Gasteiger charge is 2.04. The van der Waals surface area contributed by atoms with Crippen molar-refractivity contribution in [1.82, 2.24) is 0 Å². The van der Waals surface area contributed by atoms with Gasteiger partial charge in [-0.25, -0.2) is 0 Å². The van der Waals surface area contributed by atoms with E-state index < -0.39 is 0 Å². The molecule has 2 atom stereocenters. The van der Waals surface area contributed by atoms with Gasteiger partial charge in [0.25, 0.3) is 0 Å². The molecule has 68 valence electrons. The van der Waals surface area contributed by atoms with Gasteiger partial charge in [0.15, 0.2) is 0 Å². The standard InChI is InChI=1S/C9H21NS/c1-3-4-8(2)5-6-9(11)7-10/h8-9,11H,3-7,10H2,1-2H3. The van der Waals surface area contributed by atoms with Crippen LogP contribution in [-0.4, -0.2) is 11.8 Å². The van der Waals surface area contributed by atoms with Gasteiger partial charge in [-0.1, -0.05) is 26.7 Å². The first kappa shape index (κ1) is 11.3. The van der Waals surface area contributed by atoms with Crippen molar-refractivity contribution >= 4 is 12.6 Å². The lowest BCUT2D eigenvalue weighted by Crippen LogP contribution is -2.14. The molecule has 0 aliphatic heterocycles. The summed E-state index contributed by atoms with van der Waals surface area (Å²) < 4.78 is 0. The lowest BCUT2D eigenvalue weighted by Gasteiger charge is -2.12. The minimum absolute atomic E-state index is 0.411. The molecule has 0 saturated carbocycles. The van der Waals surface area contributed by atoms with Crippen molar-refractivity contribution in [3.63, 3.8) is 0 Å². The Morgan fingerprint density at radius 3 is 2.36 bits per heavy atom. The Morgan fingerprint density at radius 1 is 1.27 bits per heavy atom. The molecule has 2 N–H and O–H groups in total. The average Bonchev–Trinajstić information content (AvgIpc) is 2.01. The van der Waals surface area contributed by atoms with Crippen LogP contribution in [0.1, 0.15) is 39.5 Å². The summed E-state index contributed by atoms with van der Waals surface area (Å²) in [6.07, 6.45) is 5.08. The van der Waals surface area contributed by atoms with Crippen molar-refractivity contribution in [3.05, 3.63) is 0 Å². The molecule has 0 aromatic rings. The molecule has 0 radical (unpaired) electrons. The van der Waals surface area contributed by atoms with E-state index in [1.165, 1.54) is 25.7 Å². The molecule has 0 rings (SSSR count). The number of rotatable bonds is 6. The van der Waals surface area contributed by atoms with Gasteiger partial charge >= 0.3 is 0 Å². The summed E-state index contributed by atoms with van der Waals surface area (Å²) in [5.41, 5.74) is 5.46. The molecule has 2 heteroatoms. The zero-order valence-electron chi connectivity index (χ0n) is 7.71. The maximum Gasteiger partial charge on any atom is 0.0140 e. The summed E-state index contributed by atoms with van der Waals surface area (Å²) in [5.74, 6) is 0.848. The van der Waals surface area contributed by atoms with Crippen LogP contribution in [0, 0.1) is 5.92 Å². The van der Waals surface area contributed by atoms with Crippen LogP contribution in [0.15, 0.2) is 0 Å². The Bertz CT molecular complexity index is 85.6. The van der Waals surface area contributed by atoms with Crippen LogP contribution in [0.4, 0.5) is 0 Å². The van der Waals surface area contributed by atoms with Crippen molar-refractivity contribution in [3.8, 4) is 0 Å². The van der Waals surface area contributed by atoms with Gasteiger partial charge in [0.1, 0.15) is 0 Å².